The lowest BCUT2D eigenvalue weighted by Crippen LogP contribution is -2.07. The van der Waals surface area contributed by atoms with Gasteiger partial charge in [0.25, 0.3) is 0 Å². The van der Waals surface area contributed by atoms with E-state index >= 15 is 0 Å². The fourth-order valence-electron chi connectivity index (χ4n) is 1.65. The smallest absolute Gasteiger partial charge is 0.299 e. The molecule has 0 N–H and O–H groups in total. The molecule has 4 nitrogen and oxygen atoms in total. The molecule has 80 valence electrons. The van der Waals surface area contributed by atoms with Crippen molar-refractivity contribution in [2.45, 2.75) is 25.7 Å². The normalized spacial score (nSPS) is 10.8. The Bertz CT molecular complexity index is 503. The number of nitriles is 1. The third kappa shape index (κ3) is 2.28. The zero-order chi connectivity index (χ0) is 11.6. The molecule has 0 spiro atoms. The first-order chi connectivity index (χ1) is 6.88. The number of hydrogen-bond donors (Lipinski definition) is 0. The molecule has 0 saturated heterocycles. The summed E-state index contributed by atoms with van der Waals surface area (Å²) in [6.45, 7) is 5.22. The van der Waals surface area contributed by atoms with Crippen LogP contribution in [0.1, 0.15) is 16.7 Å². The summed E-state index contributed by atoms with van der Waals surface area (Å²) in [4.78, 5) is 0.0784. The fourth-order valence-corrected chi connectivity index (χ4v) is 2.74. The maximum atomic E-state index is 11.5. The van der Waals surface area contributed by atoms with Crippen LogP contribution in [0.15, 0.2) is 17.0 Å². The van der Waals surface area contributed by atoms with Crippen LogP contribution in [0.2, 0.25) is 0 Å². The van der Waals surface area contributed by atoms with Gasteiger partial charge in [-0.3, -0.25) is 4.18 Å². The van der Waals surface area contributed by atoms with Crippen LogP contribution in [0, 0.1) is 32.3 Å². The number of nitrogens with zero attached hydrogens (tertiary/aromatic N) is 1. The Morgan fingerprint density at radius 1 is 1.20 bits per heavy atom. The van der Waals surface area contributed by atoms with Gasteiger partial charge in [0.05, 0.1) is 0 Å². The quantitative estimate of drug-likeness (QED) is 0.568. The molecule has 0 aliphatic carbocycles. The third-order valence-corrected chi connectivity index (χ3v) is 3.44. The van der Waals surface area contributed by atoms with E-state index < -0.39 is 10.1 Å². The summed E-state index contributed by atoms with van der Waals surface area (Å²) in [5, 5.41) is 8.25. The van der Waals surface area contributed by atoms with Crippen molar-refractivity contribution in [2.75, 3.05) is 0 Å². The molecule has 0 radical (unpaired) electrons. The van der Waals surface area contributed by atoms with Gasteiger partial charge in [-0.25, -0.2) is 0 Å². The van der Waals surface area contributed by atoms with Crippen LogP contribution >= 0.6 is 0 Å². The fraction of sp³-hybridized carbons (Fsp3) is 0.300. The summed E-state index contributed by atoms with van der Waals surface area (Å²) >= 11 is 0. The Balaban J connectivity index is 3.47. The van der Waals surface area contributed by atoms with E-state index in [2.05, 4.69) is 4.18 Å². The number of rotatable bonds is 2. The molecule has 0 aliphatic rings. The Morgan fingerprint density at radius 3 is 2.07 bits per heavy atom. The molecule has 0 bridgehead atoms. The van der Waals surface area contributed by atoms with Crippen molar-refractivity contribution in [1.82, 2.24) is 0 Å². The van der Waals surface area contributed by atoms with Crippen LogP contribution in [0.5, 0.6) is 0 Å². The van der Waals surface area contributed by atoms with E-state index in [0.29, 0.717) is 11.1 Å². The minimum atomic E-state index is -3.95. The lowest BCUT2D eigenvalue weighted by atomic mass is 10.1. The van der Waals surface area contributed by atoms with Gasteiger partial charge in [0, 0.05) is 0 Å². The van der Waals surface area contributed by atoms with E-state index in [4.69, 9.17) is 5.26 Å². The van der Waals surface area contributed by atoms with E-state index in [-0.39, 0.29) is 4.90 Å². The van der Waals surface area contributed by atoms with Crippen LogP contribution in [-0.4, -0.2) is 8.42 Å². The summed E-state index contributed by atoms with van der Waals surface area (Å²) in [7, 11) is -3.95. The van der Waals surface area contributed by atoms with Gasteiger partial charge in [-0.15, -0.1) is 5.26 Å². The second-order valence-corrected chi connectivity index (χ2v) is 4.84. The Hall–Kier alpha value is -1.54. The van der Waals surface area contributed by atoms with Crippen molar-refractivity contribution >= 4 is 10.1 Å². The van der Waals surface area contributed by atoms with Gasteiger partial charge in [0.2, 0.25) is 0 Å². The molecule has 1 aromatic rings. The first-order valence-electron chi connectivity index (χ1n) is 4.29. The van der Waals surface area contributed by atoms with Crippen molar-refractivity contribution < 1.29 is 12.6 Å². The van der Waals surface area contributed by atoms with Crippen molar-refractivity contribution in [3.8, 4) is 6.26 Å². The lowest BCUT2D eigenvalue weighted by Gasteiger charge is -2.08. The highest BCUT2D eigenvalue weighted by atomic mass is 32.2. The second-order valence-electron chi connectivity index (χ2n) is 3.36. The Morgan fingerprint density at radius 2 is 1.67 bits per heavy atom. The topological polar surface area (TPSA) is 67.2 Å². The number of aryl methyl sites for hydroxylation is 3. The molecular formula is C10H11NO3S. The molecule has 0 fully saturated rings. The molecule has 5 heteroatoms. The number of benzene rings is 1. The molecular weight excluding hydrogens is 214 g/mol. The molecule has 0 saturated carbocycles. The highest BCUT2D eigenvalue weighted by Crippen LogP contribution is 2.23. The van der Waals surface area contributed by atoms with Crippen molar-refractivity contribution in [3.63, 3.8) is 0 Å². The molecule has 0 unspecified atom stereocenters. The van der Waals surface area contributed by atoms with Gasteiger partial charge < -0.3 is 0 Å². The summed E-state index contributed by atoms with van der Waals surface area (Å²) in [5.74, 6) is 0. The second kappa shape index (κ2) is 3.91. The summed E-state index contributed by atoms with van der Waals surface area (Å²) in [6.07, 6.45) is 1.19. The standard InChI is InChI=1S/C10H11NO3S/c1-7-4-8(2)10(9(3)5-7)15(12,13)14-6-11/h4-5H,1-3H3. The van der Waals surface area contributed by atoms with E-state index in [0.717, 1.165) is 5.56 Å². The average molecular weight is 225 g/mol. The van der Waals surface area contributed by atoms with Crippen LogP contribution in [0.3, 0.4) is 0 Å². The zero-order valence-electron chi connectivity index (χ0n) is 8.73. The highest BCUT2D eigenvalue weighted by molar-refractivity contribution is 7.87. The minimum absolute atomic E-state index is 0.0784. The van der Waals surface area contributed by atoms with Crippen molar-refractivity contribution in [1.29, 1.82) is 5.26 Å². The van der Waals surface area contributed by atoms with Gasteiger partial charge in [0.1, 0.15) is 4.90 Å². The monoisotopic (exact) mass is 225 g/mol. The Kier molecular flexibility index (Phi) is 3.01. The molecule has 0 atom stereocenters. The Labute approximate surface area is 89.2 Å². The average Bonchev–Trinajstić information content (AvgIpc) is 1.99. The van der Waals surface area contributed by atoms with Crippen molar-refractivity contribution in [3.05, 3.63) is 28.8 Å². The predicted octanol–water partition coefficient (Wildman–Crippen LogP) is 1.80. The van der Waals surface area contributed by atoms with Crippen LogP contribution in [0.25, 0.3) is 0 Å². The van der Waals surface area contributed by atoms with Gasteiger partial charge in [0.15, 0.2) is 0 Å². The lowest BCUT2D eigenvalue weighted by molar-refractivity contribution is 0.458. The predicted molar refractivity (Wildman–Crippen MR) is 54.5 cm³/mol. The summed E-state index contributed by atoms with van der Waals surface area (Å²) in [6, 6.07) is 3.47. The molecule has 0 heterocycles. The molecule has 0 amide bonds. The molecule has 1 aromatic carbocycles. The molecule has 0 aliphatic heterocycles. The van der Waals surface area contributed by atoms with Crippen molar-refractivity contribution in [2.24, 2.45) is 0 Å². The largest absolute Gasteiger partial charge is 0.349 e. The first kappa shape index (κ1) is 11.5. The van der Waals surface area contributed by atoms with Gasteiger partial charge in [-0.05, 0) is 31.9 Å². The van der Waals surface area contributed by atoms with E-state index in [1.54, 1.807) is 26.0 Å². The first-order valence-corrected chi connectivity index (χ1v) is 5.69. The summed E-state index contributed by atoms with van der Waals surface area (Å²) < 4.78 is 27.2. The van der Waals surface area contributed by atoms with E-state index in [1.807, 2.05) is 6.92 Å². The summed E-state index contributed by atoms with van der Waals surface area (Å²) in [5.41, 5.74) is 2.14. The van der Waals surface area contributed by atoms with Crippen LogP contribution < -0.4 is 0 Å². The highest BCUT2D eigenvalue weighted by Gasteiger charge is 2.21. The van der Waals surface area contributed by atoms with Crippen LogP contribution in [-0.2, 0) is 14.3 Å². The van der Waals surface area contributed by atoms with E-state index in [1.165, 1.54) is 6.26 Å². The third-order valence-electron chi connectivity index (χ3n) is 2.00. The maximum Gasteiger partial charge on any atom is 0.349 e. The van der Waals surface area contributed by atoms with Gasteiger partial charge in [-0.2, -0.15) is 8.42 Å². The molecule has 1 rings (SSSR count). The minimum Gasteiger partial charge on any atom is -0.299 e. The molecule has 0 aromatic heterocycles. The molecule has 15 heavy (non-hydrogen) atoms. The zero-order valence-corrected chi connectivity index (χ0v) is 9.55. The SMILES string of the molecule is Cc1cc(C)c(S(=O)(=O)OC#N)c(C)c1. The van der Waals surface area contributed by atoms with Gasteiger partial charge in [-0.1, -0.05) is 17.7 Å². The van der Waals surface area contributed by atoms with E-state index in [9.17, 15) is 8.42 Å². The number of hydrogen-bond acceptors (Lipinski definition) is 4. The van der Waals surface area contributed by atoms with Gasteiger partial charge >= 0.3 is 16.4 Å². The maximum absolute atomic E-state index is 11.5. The van der Waals surface area contributed by atoms with Crippen LogP contribution in [0.4, 0.5) is 0 Å².